The fourth-order valence-electron chi connectivity index (χ4n) is 7.53. The van der Waals surface area contributed by atoms with E-state index in [9.17, 15) is 19.5 Å². The first-order valence-corrected chi connectivity index (χ1v) is 15.1. The molecule has 3 aliphatic rings. The molecule has 0 aliphatic carbocycles. The molecule has 2 unspecified atom stereocenters. The number of unbranched alkanes of at least 4 members (excludes halogenated alkanes) is 3. The molecule has 2 aromatic rings. The van der Waals surface area contributed by atoms with Gasteiger partial charge in [0.1, 0.15) is 11.6 Å². The molecule has 5 rings (SSSR count). The molecule has 5 atom stereocenters. The van der Waals surface area contributed by atoms with E-state index in [1.807, 2.05) is 49.4 Å². The van der Waals surface area contributed by atoms with Crippen molar-refractivity contribution >= 4 is 34.2 Å². The molecular weight excluding hydrogens is 530 g/mol. The quantitative estimate of drug-likeness (QED) is 0.285. The van der Waals surface area contributed by atoms with E-state index in [1.165, 1.54) is 0 Å². The Morgan fingerprint density at radius 1 is 1.02 bits per heavy atom. The molecule has 1 N–H and O–H groups in total. The summed E-state index contributed by atoms with van der Waals surface area (Å²) < 4.78 is 6.80. The zero-order valence-electron chi connectivity index (χ0n) is 24.8. The number of aliphatic hydroxyl groups is 1. The van der Waals surface area contributed by atoms with E-state index in [-0.39, 0.29) is 30.9 Å². The number of nitrogens with zero attached hydrogens (tertiary/aromatic N) is 3. The van der Waals surface area contributed by atoms with E-state index in [4.69, 9.17) is 4.74 Å². The first-order chi connectivity index (χ1) is 20.2. The predicted molar refractivity (Wildman–Crippen MR) is 164 cm³/mol. The highest BCUT2D eigenvalue weighted by Crippen LogP contribution is 2.63. The average molecular weight is 574 g/mol. The number of carbonyl (C=O) groups excluding carboxylic acids is 3. The van der Waals surface area contributed by atoms with Crippen LogP contribution in [-0.4, -0.2) is 83.2 Å². The molecule has 3 amide bonds. The molecule has 8 heteroatoms. The number of rotatable bonds is 13. The van der Waals surface area contributed by atoms with Gasteiger partial charge in [0, 0.05) is 39.0 Å². The van der Waals surface area contributed by atoms with Crippen LogP contribution >= 0.6 is 0 Å². The van der Waals surface area contributed by atoms with Gasteiger partial charge in [-0.05, 0) is 55.5 Å². The predicted octanol–water partition coefficient (Wildman–Crippen LogP) is 4.32. The lowest BCUT2D eigenvalue weighted by atomic mass is 9.66. The van der Waals surface area contributed by atoms with Crippen LogP contribution in [0.5, 0.6) is 0 Å². The minimum atomic E-state index is -1.08. The van der Waals surface area contributed by atoms with E-state index in [0.717, 1.165) is 29.3 Å². The van der Waals surface area contributed by atoms with Crippen molar-refractivity contribution in [2.75, 3.05) is 38.2 Å². The van der Waals surface area contributed by atoms with Crippen molar-refractivity contribution in [3.8, 4) is 0 Å². The Morgan fingerprint density at radius 2 is 1.74 bits per heavy atom. The van der Waals surface area contributed by atoms with Crippen LogP contribution in [0.1, 0.15) is 45.4 Å². The monoisotopic (exact) mass is 573 g/mol. The number of ether oxygens (including phenoxy) is 1. The van der Waals surface area contributed by atoms with Gasteiger partial charge in [0.15, 0.2) is 0 Å². The summed E-state index contributed by atoms with van der Waals surface area (Å²) in [5.41, 5.74) is -1.18. The fraction of sp³-hybridized carbons (Fsp3) is 0.500. The molecule has 3 aliphatic heterocycles. The van der Waals surface area contributed by atoms with Gasteiger partial charge in [-0.1, -0.05) is 55.3 Å². The van der Waals surface area contributed by atoms with E-state index in [2.05, 4.69) is 13.2 Å². The average Bonchev–Trinajstić information content (AvgIpc) is 3.55. The molecule has 42 heavy (non-hydrogen) atoms. The van der Waals surface area contributed by atoms with Gasteiger partial charge in [-0.15, -0.1) is 13.2 Å². The summed E-state index contributed by atoms with van der Waals surface area (Å²) >= 11 is 0. The van der Waals surface area contributed by atoms with Gasteiger partial charge < -0.3 is 24.5 Å². The Balaban J connectivity index is 1.55. The Labute approximate surface area is 248 Å². The number of aliphatic hydroxyl groups excluding tert-OH is 1. The number of hydrogen-bond donors (Lipinski definition) is 1. The van der Waals surface area contributed by atoms with Crippen molar-refractivity contribution < 1.29 is 24.2 Å². The number of amides is 3. The second-order valence-electron chi connectivity index (χ2n) is 12.2. The molecule has 8 nitrogen and oxygen atoms in total. The van der Waals surface area contributed by atoms with Crippen LogP contribution < -0.4 is 4.90 Å². The van der Waals surface area contributed by atoms with Crippen LogP contribution in [0.2, 0.25) is 0 Å². The third-order valence-corrected chi connectivity index (χ3v) is 9.49. The van der Waals surface area contributed by atoms with E-state index < -0.39 is 29.1 Å². The minimum Gasteiger partial charge on any atom is -0.396 e. The molecule has 1 spiro atoms. The highest BCUT2D eigenvalue weighted by molar-refractivity contribution is 6.06. The maximum atomic E-state index is 14.8. The van der Waals surface area contributed by atoms with Gasteiger partial charge in [-0.3, -0.25) is 14.4 Å². The van der Waals surface area contributed by atoms with Crippen molar-refractivity contribution in [1.29, 1.82) is 0 Å². The summed E-state index contributed by atoms with van der Waals surface area (Å²) in [6.07, 6.45) is 7.56. The van der Waals surface area contributed by atoms with Crippen LogP contribution in [0.25, 0.3) is 10.8 Å². The number of carbonyl (C=O) groups is 3. The van der Waals surface area contributed by atoms with E-state index in [1.54, 1.807) is 33.9 Å². The summed E-state index contributed by atoms with van der Waals surface area (Å²) in [4.78, 5) is 47.9. The summed E-state index contributed by atoms with van der Waals surface area (Å²) in [5, 5.41) is 11.3. The van der Waals surface area contributed by atoms with Gasteiger partial charge in [0.25, 0.3) is 5.91 Å². The maximum absolute atomic E-state index is 14.8. The minimum absolute atomic E-state index is 0.131. The molecule has 0 saturated carbocycles. The van der Waals surface area contributed by atoms with Crippen LogP contribution in [0.4, 0.5) is 5.69 Å². The van der Waals surface area contributed by atoms with Gasteiger partial charge >= 0.3 is 0 Å². The van der Waals surface area contributed by atoms with Crippen molar-refractivity contribution in [2.45, 2.75) is 62.7 Å². The van der Waals surface area contributed by atoms with Gasteiger partial charge in [-0.2, -0.15) is 0 Å². The Hall–Kier alpha value is -3.49. The maximum Gasteiger partial charge on any atom is 0.253 e. The standard InChI is InChI=1S/C34H43N3O5/c1-5-19-35(4)30(39)27-28-31(40)37(21-11-7-8-12-22-38)29(34(28)18-17-33(27,3)42-34)32(41)36(20-6-2)26-16-15-24-13-9-10-14-25(24)23-26/h5-6,9-10,13-16,23,27-29,38H,1-2,7-8,11-12,17-22H2,3-4H3/t27-,28-,29?,33+,34?/m0/s1. The normalized spacial score (nSPS) is 27.7. The Kier molecular flexibility index (Phi) is 8.58. The molecule has 2 aromatic carbocycles. The lowest BCUT2D eigenvalue weighted by molar-refractivity contribution is -0.149. The molecule has 3 heterocycles. The van der Waals surface area contributed by atoms with Crippen LogP contribution in [0, 0.1) is 11.8 Å². The first kappa shape index (κ1) is 30.0. The third kappa shape index (κ3) is 4.94. The van der Waals surface area contributed by atoms with Gasteiger partial charge in [-0.25, -0.2) is 0 Å². The molecule has 2 bridgehead atoms. The van der Waals surface area contributed by atoms with Gasteiger partial charge in [0.2, 0.25) is 11.8 Å². The number of benzene rings is 2. The number of likely N-dealkylation sites (tertiary alicyclic amines) is 1. The van der Waals surface area contributed by atoms with Crippen molar-refractivity contribution in [1.82, 2.24) is 9.80 Å². The third-order valence-electron chi connectivity index (χ3n) is 9.49. The smallest absolute Gasteiger partial charge is 0.253 e. The summed E-state index contributed by atoms with van der Waals surface area (Å²) in [6.45, 7) is 10.8. The van der Waals surface area contributed by atoms with Crippen LogP contribution in [0.15, 0.2) is 67.8 Å². The topological polar surface area (TPSA) is 90.4 Å². The highest BCUT2D eigenvalue weighted by Gasteiger charge is 2.78. The number of anilines is 1. The highest BCUT2D eigenvalue weighted by atomic mass is 16.5. The summed E-state index contributed by atoms with van der Waals surface area (Å²) in [6, 6.07) is 13.1. The summed E-state index contributed by atoms with van der Waals surface area (Å²) in [7, 11) is 1.72. The second-order valence-corrected chi connectivity index (χ2v) is 12.2. The van der Waals surface area contributed by atoms with Crippen molar-refractivity contribution in [2.24, 2.45) is 11.8 Å². The molecule has 3 fully saturated rings. The lowest BCUT2D eigenvalue weighted by Crippen LogP contribution is -2.56. The molecule has 3 saturated heterocycles. The van der Waals surface area contributed by atoms with Crippen LogP contribution in [-0.2, 0) is 19.1 Å². The molecule has 224 valence electrons. The van der Waals surface area contributed by atoms with E-state index in [0.29, 0.717) is 38.8 Å². The number of likely N-dealkylation sites (N-methyl/N-ethyl adjacent to an activating group) is 1. The molecule has 0 radical (unpaired) electrons. The second kappa shape index (κ2) is 12.0. The lowest BCUT2D eigenvalue weighted by Gasteiger charge is -2.37. The Bertz CT molecular complexity index is 1380. The fourth-order valence-corrected chi connectivity index (χ4v) is 7.53. The zero-order valence-corrected chi connectivity index (χ0v) is 24.8. The van der Waals surface area contributed by atoms with Crippen LogP contribution in [0.3, 0.4) is 0 Å². The zero-order chi connectivity index (χ0) is 30.1. The number of hydrogen-bond acceptors (Lipinski definition) is 5. The molecular formula is C34H43N3O5. The largest absolute Gasteiger partial charge is 0.396 e. The van der Waals surface area contributed by atoms with Crippen molar-refractivity contribution in [3.63, 3.8) is 0 Å². The Morgan fingerprint density at radius 3 is 2.45 bits per heavy atom. The van der Waals surface area contributed by atoms with Gasteiger partial charge in [0.05, 0.1) is 17.4 Å². The number of fused-ring (bicyclic) bond motifs is 2. The SMILES string of the molecule is C=CCN(C)C(=O)[C@@H]1[C@H]2C(=O)N(CCCCCCO)C(C(=O)N(CC=C)c3ccc4ccccc4c3)C23CC[C@@]1(C)O3. The first-order valence-electron chi connectivity index (χ1n) is 15.1. The summed E-state index contributed by atoms with van der Waals surface area (Å²) in [5.74, 6) is -1.95. The van der Waals surface area contributed by atoms with E-state index >= 15 is 0 Å². The molecule has 0 aromatic heterocycles. The van der Waals surface area contributed by atoms with Crippen molar-refractivity contribution in [3.05, 3.63) is 67.8 Å².